The molecule has 0 saturated carbocycles. The second kappa shape index (κ2) is 29.1. The van der Waals surface area contributed by atoms with Gasteiger partial charge in [-0.3, -0.25) is 43.7 Å². The average Bonchev–Trinajstić information content (AvgIpc) is 4.09. The van der Waals surface area contributed by atoms with Crippen LogP contribution < -0.4 is 26.0 Å². The van der Waals surface area contributed by atoms with Gasteiger partial charge in [0.25, 0.3) is 0 Å². The Hall–Kier alpha value is -5.60. The lowest BCUT2D eigenvalue weighted by Crippen LogP contribution is -2.62. The van der Waals surface area contributed by atoms with Crippen LogP contribution in [-0.4, -0.2) is 168 Å². The van der Waals surface area contributed by atoms with E-state index in [4.69, 9.17) is 14.2 Å². The van der Waals surface area contributed by atoms with Gasteiger partial charge >= 0.3 is 11.9 Å². The van der Waals surface area contributed by atoms with E-state index in [9.17, 15) is 48.3 Å². The molecule has 3 aliphatic heterocycles. The van der Waals surface area contributed by atoms with Crippen molar-refractivity contribution in [2.75, 3.05) is 34.3 Å². The molecule has 0 bridgehead atoms. The van der Waals surface area contributed by atoms with E-state index < -0.39 is 132 Å². The summed E-state index contributed by atoms with van der Waals surface area (Å²) in [5.41, 5.74) is 0.599. The molecule has 0 radical (unpaired) electrons. The Bertz CT molecular complexity index is 2190. The van der Waals surface area contributed by atoms with Crippen molar-refractivity contribution in [2.24, 2.45) is 29.6 Å². The van der Waals surface area contributed by atoms with Gasteiger partial charge in [-0.05, 0) is 80.9 Å². The van der Waals surface area contributed by atoms with Crippen molar-refractivity contribution in [3.05, 3.63) is 42.0 Å². The molecule has 0 spiro atoms. The Morgan fingerprint density at radius 3 is 2.13 bits per heavy atom. The summed E-state index contributed by atoms with van der Waals surface area (Å²) < 4.78 is 17.2. The highest BCUT2D eigenvalue weighted by molar-refractivity contribution is 6.05. The highest BCUT2D eigenvalue weighted by atomic mass is 35.5. The number of nitrogens with zero attached hydrogens (tertiary/aromatic N) is 3. The number of carbonyl (C=O) groups is 9. The van der Waals surface area contributed by atoms with Gasteiger partial charge in [-0.2, -0.15) is 0 Å². The fourth-order valence-corrected chi connectivity index (χ4v) is 9.61. The van der Waals surface area contributed by atoms with Crippen LogP contribution in [0.2, 0.25) is 0 Å². The number of Topliss-reactive ketones (excluding diaryl/α,β-unsaturated/α-hetero) is 1. The Kier molecular flexibility index (Phi) is 24.7. The first-order valence-electron chi connectivity index (χ1n) is 26.2. The standard InChI is InChI=1S/C54H83N7O13.ClH/c1-14-32(8)44-42(62)28-43(63)74-47(31(6)7)46(64)33(9)48(65)56-38(25-29(2)3)52(69)61-24-16-18-39(61)53(70)60(12)41(27-35-19-21-36(72-13)22-20-35)54(71)73-34(10)45(50(67)57-44)58-49(66)40(26-30(4)5)59(11)51(68)37-17-15-23-55-37;/h15,17,19-22,29-34,37-42,44-45,47,55,62H,14,16,18,23-28H2,1-13H3,(H,56,65)(H,57,67)(H,58,66);1H/t32-,33-,34+,37?,38-,39-,40+,41-,42-,44+,45-,47-;/m0./s1. The number of methoxy groups -OCH3 is 1. The Morgan fingerprint density at radius 1 is 0.920 bits per heavy atom. The van der Waals surface area contributed by atoms with Crippen LogP contribution >= 0.6 is 12.4 Å². The molecule has 0 aliphatic carbocycles. The first-order chi connectivity index (χ1) is 34.8. The van der Waals surface area contributed by atoms with E-state index in [0.29, 0.717) is 30.7 Å². The molecule has 2 fully saturated rings. The third kappa shape index (κ3) is 16.9. The maximum Gasteiger partial charge on any atom is 0.329 e. The number of likely N-dealkylation sites (N-methyl/N-ethyl adjacent to an activating group) is 2. The summed E-state index contributed by atoms with van der Waals surface area (Å²) in [5.74, 6) is -8.89. The van der Waals surface area contributed by atoms with Crippen LogP contribution in [0.5, 0.6) is 5.75 Å². The Labute approximate surface area is 448 Å². The van der Waals surface area contributed by atoms with Gasteiger partial charge in [-0.25, -0.2) is 4.79 Å². The molecular weight excluding hydrogens is 990 g/mol. The molecule has 3 aliphatic rings. The molecule has 1 unspecified atom stereocenters. The van der Waals surface area contributed by atoms with E-state index in [1.54, 1.807) is 64.1 Å². The SMILES string of the molecule is CC[C@H](C)[C@H]1NC(=O)[C@@H](NC(=O)[C@@H](CC(C)C)N(C)C(=O)C2C=CCN2)[C@@H](C)OC(=O)[C@H](Cc2ccc(OC)cc2)N(C)C(=O)[C@@H]2CCCN2C(=O)[C@H](CC(C)C)NC(=O)[C@@H](C)C(=O)[C@H](C(C)C)OC(=O)C[C@@H]1O.Cl. The number of benzene rings is 1. The molecular formula is C54H84ClN7O13. The Balaban J connectivity index is 0.0000148. The fraction of sp³-hybridized carbons (Fsp3) is 0.685. The van der Waals surface area contributed by atoms with Crippen LogP contribution in [0.25, 0.3) is 0 Å². The lowest BCUT2D eigenvalue weighted by molar-refractivity contribution is -0.163. The van der Waals surface area contributed by atoms with E-state index in [2.05, 4.69) is 21.3 Å². The molecule has 1 aromatic rings. The number of hydrogen-bond acceptors (Lipinski definition) is 14. The van der Waals surface area contributed by atoms with Crippen molar-refractivity contribution in [1.29, 1.82) is 0 Å². The second-order valence-corrected chi connectivity index (χ2v) is 21.4. The molecule has 2 saturated heterocycles. The first-order valence-corrected chi connectivity index (χ1v) is 26.2. The summed E-state index contributed by atoms with van der Waals surface area (Å²) in [6, 6.07) is -1.43. The minimum Gasteiger partial charge on any atom is -0.497 e. The lowest BCUT2D eigenvalue weighted by Gasteiger charge is -2.36. The van der Waals surface area contributed by atoms with Crippen molar-refractivity contribution < 1.29 is 62.5 Å². The first kappa shape index (κ1) is 63.7. The average molecular weight is 1070 g/mol. The highest BCUT2D eigenvalue weighted by Gasteiger charge is 2.45. The molecule has 12 atom stereocenters. The van der Waals surface area contributed by atoms with E-state index >= 15 is 0 Å². The fourth-order valence-electron chi connectivity index (χ4n) is 9.61. The molecule has 75 heavy (non-hydrogen) atoms. The number of cyclic esters (lactones) is 2. The van der Waals surface area contributed by atoms with Crippen LogP contribution in [0.1, 0.15) is 113 Å². The smallest absolute Gasteiger partial charge is 0.329 e. The number of fused-ring (bicyclic) bond motifs is 1. The maximum atomic E-state index is 14.9. The highest BCUT2D eigenvalue weighted by Crippen LogP contribution is 2.26. The molecule has 3 heterocycles. The number of aliphatic hydroxyl groups is 1. The largest absolute Gasteiger partial charge is 0.497 e. The quantitative estimate of drug-likeness (QED) is 0.102. The van der Waals surface area contributed by atoms with Crippen molar-refractivity contribution >= 4 is 65.6 Å². The van der Waals surface area contributed by atoms with Gasteiger partial charge in [0.05, 0.1) is 31.6 Å². The van der Waals surface area contributed by atoms with E-state index in [-0.39, 0.29) is 62.4 Å². The molecule has 21 heteroatoms. The van der Waals surface area contributed by atoms with Crippen LogP contribution in [0.15, 0.2) is 36.4 Å². The molecule has 5 N–H and O–H groups in total. The van der Waals surface area contributed by atoms with E-state index in [0.717, 1.165) is 0 Å². The van der Waals surface area contributed by atoms with Gasteiger partial charge in [0.2, 0.25) is 35.4 Å². The Morgan fingerprint density at radius 2 is 1.57 bits per heavy atom. The van der Waals surface area contributed by atoms with Gasteiger partial charge in [0.15, 0.2) is 11.9 Å². The third-order valence-corrected chi connectivity index (χ3v) is 14.4. The molecule has 4 rings (SSSR count). The predicted octanol–water partition coefficient (Wildman–Crippen LogP) is 2.89. The summed E-state index contributed by atoms with van der Waals surface area (Å²) >= 11 is 0. The van der Waals surface area contributed by atoms with Crippen molar-refractivity contribution in [3.8, 4) is 5.75 Å². The van der Waals surface area contributed by atoms with E-state index in [1.807, 2.05) is 27.7 Å². The third-order valence-electron chi connectivity index (χ3n) is 14.4. The van der Waals surface area contributed by atoms with Crippen molar-refractivity contribution in [2.45, 2.75) is 175 Å². The van der Waals surface area contributed by atoms with Crippen LogP contribution in [-0.2, 0) is 59.0 Å². The summed E-state index contributed by atoms with van der Waals surface area (Å²) in [7, 11) is 4.42. The molecule has 420 valence electrons. The van der Waals surface area contributed by atoms with Crippen LogP contribution in [0, 0.1) is 29.6 Å². The minimum absolute atomic E-state index is 0. The zero-order chi connectivity index (χ0) is 55.3. The minimum atomic E-state index is -1.68. The number of ether oxygens (including phenoxy) is 3. The summed E-state index contributed by atoms with van der Waals surface area (Å²) in [6.45, 7) is 17.6. The van der Waals surface area contributed by atoms with Gasteiger partial charge in [0.1, 0.15) is 48.1 Å². The van der Waals surface area contributed by atoms with Gasteiger partial charge in [0, 0.05) is 33.6 Å². The number of hydrogen-bond donors (Lipinski definition) is 5. The van der Waals surface area contributed by atoms with Crippen LogP contribution in [0.3, 0.4) is 0 Å². The molecule has 20 nitrogen and oxygen atoms in total. The normalized spacial score (nSPS) is 27.7. The van der Waals surface area contributed by atoms with Gasteiger partial charge in [-0.1, -0.05) is 86.1 Å². The van der Waals surface area contributed by atoms with Crippen molar-refractivity contribution in [1.82, 2.24) is 36.0 Å². The monoisotopic (exact) mass is 1070 g/mol. The number of esters is 2. The number of nitrogens with one attached hydrogen (secondary N) is 4. The number of carbonyl (C=O) groups excluding carboxylic acids is 9. The summed E-state index contributed by atoms with van der Waals surface area (Å²) in [4.78, 5) is 133. The predicted molar refractivity (Wildman–Crippen MR) is 282 cm³/mol. The number of ketones is 1. The molecule has 0 aromatic heterocycles. The van der Waals surface area contributed by atoms with Crippen molar-refractivity contribution in [3.63, 3.8) is 0 Å². The number of aliphatic hydroxyl groups excluding tert-OH is 1. The molecule has 1 aromatic carbocycles. The molecule has 6 amide bonds. The zero-order valence-corrected chi connectivity index (χ0v) is 46.9. The van der Waals surface area contributed by atoms with Crippen LogP contribution in [0.4, 0.5) is 0 Å². The summed E-state index contributed by atoms with van der Waals surface area (Å²) in [5, 5.41) is 23.2. The summed E-state index contributed by atoms with van der Waals surface area (Å²) in [6.07, 6.45) is -0.439. The van der Waals surface area contributed by atoms with Gasteiger partial charge < -0.3 is 50.0 Å². The zero-order valence-electron chi connectivity index (χ0n) is 46.1. The van der Waals surface area contributed by atoms with Gasteiger partial charge in [-0.15, -0.1) is 12.4 Å². The number of rotatable bonds is 14. The topological polar surface area (TPSA) is 259 Å². The number of amides is 6. The number of halogens is 1. The second-order valence-electron chi connectivity index (χ2n) is 21.4. The van der Waals surface area contributed by atoms with E-state index in [1.165, 1.54) is 49.8 Å². The lowest BCUT2D eigenvalue weighted by atomic mass is 9.91. The maximum absolute atomic E-state index is 14.9.